The van der Waals surface area contributed by atoms with E-state index in [0.717, 1.165) is 5.75 Å². The quantitative estimate of drug-likeness (QED) is 0.442. The Labute approximate surface area is 153 Å². The van der Waals surface area contributed by atoms with Crippen LogP contribution in [-0.2, 0) is 0 Å². The lowest BCUT2D eigenvalue weighted by atomic mass is 10.2. The molecule has 3 aromatic rings. The van der Waals surface area contributed by atoms with Crippen LogP contribution in [0.3, 0.4) is 0 Å². The summed E-state index contributed by atoms with van der Waals surface area (Å²) in [7, 11) is 0. The number of rotatable bonds is 6. The van der Waals surface area contributed by atoms with Crippen molar-refractivity contribution in [3.63, 3.8) is 0 Å². The minimum Gasteiger partial charge on any atom is -0.125 e. The Morgan fingerprint density at radius 1 is 0.708 bits per heavy atom. The van der Waals surface area contributed by atoms with Gasteiger partial charge >= 0.3 is 0 Å². The zero-order valence-corrected chi connectivity index (χ0v) is 15.7. The van der Waals surface area contributed by atoms with Gasteiger partial charge in [-0.2, -0.15) is 0 Å². The SMILES string of the molecule is Cc1cccc(SCC(Sc2cccc(C)c2)c2ccccc2)c1. The second-order valence-electron chi connectivity index (χ2n) is 5.96. The summed E-state index contributed by atoms with van der Waals surface area (Å²) >= 11 is 3.90. The first-order chi connectivity index (χ1) is 11.7. The highest BCUT2D eigenvalue weighted by Gasteiger charge is 2.14. The van der Waals surface area contributed by atoms with Crippen molar-refractivity contribution in [2.75, 3.05) is 5.75 Å². The van der Waals surface area contributed by atoms with E-state index >= 15 is 0 Å². The topological polar surface area (TPSA) is 0 Å². The first kappa shape index (κ1) is 17.2. The number of benzene rings is 3. The predicted molar refractivity (Wildman–Crippen MR) is 108 cm³/mol. The highest BCUT2D eigenvalue weighted by Crippen LogP contribution is 2.39. The monoisotopic (exact) mass is 350 g/mol. The van der Waals surface area contributed by atoms with Crippen LogP contribution in [0, 0.1) is 13.8 Å². The van der Waals surface area contributed by atoms with Crippen molar-refractivity contribution in [2.24, 2.45) is 0 Å². The number of aryl methyl sites for hydroxylation is 2. The molecule has 0 saturated carbocycles. The van der Waals surface area contributed by atoms with E-state index in [1.807, 2.05) is 23.5 Å². The van der Waals surface area contributed by atoms with Crippen LogP contribution in [0.4, 0.5) is 0 Å². The molecule has 0 aliphatic rings. The van der Waals surface area contributed by atoms with Crippen LogP contribution >= 0.6 is 23.5 Å². The highest BCUT2D eigenvalue weighted by atomic mass is 32.2. The first-order valence-electron chi connectivity index (χ1n) is 8.18. The number of thioether (sulfide) groups is 2. The average Bonchev–Trinajstić information content (AvgIpc) is 2.59. The van der Waals surface area contributed by atoms with Crippen molar-refractivity contribution in [3.8, 4) is 0 Å². The highest BCUT2D eigenvalue weighted by molar-refractivity contribution is 8.03. The van der Waals surface area contributed by atoms with Crippen LogP contribution in [0.5, 0.6) is 0 Å². The van der Waals surface area contributed by atoms with Crippen LogP contribution in [0.2, 0.25) is 0 Å². The maximum absolute atomic E-state index is 2.28. The third kappa shape index (κ3) is 4.93. The lowest BCUT2D eigenvalue weighted by Crippen LogP contribution is -1.98. The van der Waals surface area contributed by atoms with Crippen molar-refractivity contribution in [2.45, 2.75) is 28.9 Å². The van der Waals surface area contributed by atoms with Gasteiger partial charge in [-0.15, -0.1) is 23.5 Å². The van der Waals surface area contributed by atoms with Gasteiger partial charge in [0.25, 0.3) is 0 Å². The summed E-state index contributed by atoms with van der Waals surface area (Å²) in [6.45, 7) is 4.31. The molecule has 0 spiro atoms. The van der Waals surface area contributed by atoms with Gasteiger partial charge in [0.05, 0.1) is 0 Å². The van der Waals surface area contributed by atoms with Gasteiger partial charge in [0.15, 0.2) is 0 Å². The largest absolute Gasteiger partial charge is 0.125 e. The Kier molecular flexibility index (Phi) is 6.06. The minimum absolute atomic E-state index is 0.443. The van der Waals surface area contributed by atoms with Gasteiger partial charge in [0.1, 0.15) is 0 Å². The lowest BCUT2D eigenvalue weighted by Gasteiger charge is -2.17. The standard InChI is InChI=1S/C22H22S2/c1-17-8-6-12-20(14-17)23-16-22(19-10-4-3-5-11-19)24-21-13-7-9-18(2)15-21/h3-15,22H,16H2,1-2H3. The zero-order chi connectivity index (χ0) is 16.8. The van der Waals surface area contributed by atoms with Crippen molar-refractivity contribution in [1.29, 1.82) is 0 Å². The number of hydrogen-bond donors (Lipinski definition) is 0. The van der Waals surface area contributed by atoms with E-state index in [0.29, 0.717) is 5.25 Å². The molecule has 2 heteroatoms. The van der Waals surface area contributed by atoms with Crippen molar-refractivity contribution in [3.05, 3.63) is 95.6 Å². The third-order valence-electron chi connectivity index (χ3n) is 3.83. The van der Waals surface area contributed by atoms with Gasteiger partial charge < -0.3 is 0 Å². The normalized spacial score (nSPS) is 12.1. The van der Waals surface area contributed by atoms with Gasteiger partial charge in [-0.25, -0.2) is 0 Å². The summed E-state index contributed by atoms with van der Waals surface area (Å²) in [5.41, 5.74) is 4.03. The molecule has 24 heavy (non-hydrogen) atoms. The van der Waals surface area contributed by atoms with E-state index in [9.17, 15) is 0 Å². The van der Waals surface area contributed by atoms with Crippen LogP contribution in [0.1, 0.15) is 21.9 Å². The fourth-order valence-corrected chi connectivity index (χ4v) is 5.09. The molecule has 3 rings (SSSR count). The van der Waals surface area contributed by atoms with Gasteiger partial charge in [0.2, 0.25) is 0 Å². The predicted octanol–water partition coefficient (Wildman–Crippen LogP) is 6.93. The van der Waals surface area contributed by atoms with Crippen LogP contribution in [0.25, 0.3) is 0 Å². The molecule has 0 fully saturated rings. The summed E-state index contributed by atoms with van der Waals surface area (Å²) in [6, 6.07) is 28.4. The van der Waals surface area contributed by atoms with Crippen LogP contribution in [-0.4, -0.2) is 5.75 Å². The maximum atomic E-state index is 2.28. The maximum Gasteiger partial charge on any atom is 0.0438 e. The van der Waals surface area contributed by atoms with Gasteiger partial charge in [0, 0.05) is 20.8 Å². The van der Waals surface area contributed by atoms with E-state index in [-0.39, 0.29) is 0 Å². The smallest absolute Gasteiger partial charge is 0.0438 e. The summed E-state index contributed by atoms with van der Waals surface area (Å²) in [5.74, 6) is 1.06. The molecule has 122 valence electrons. The molecule has 0 heterocycles. The molecule has 0 nitrogen and oxygen atoms in total. The molecule has 0 N–H and O–H groups in total. The van der Waals surface area contributed by atoms with E-state index in [2.05, 4.69) is 92.7 Å². The third-order valence-corrected chi connectivity index (χ3v) is 6.38. The summed E-state index contributed by atoms with van der Waals surface area (Å²) in [5, 5.41) is 0.443. The molecule has 0 aliphatic carbocycles. The van der Waals surface area contributed by atoms with Crippen molar-refractivity contribution < 1.29 is 0 Å². The van der Waals surface area contributed by atoms with Crippen molar-refractivity contribution >= 4 is 23.5 Å². The number of hydrogen-bond acceptors (Lipinski definition) is 2. The Balaban J connectivity index is 1.77. The fourth-order valence-electron chi connectivity index (χ4n) is 2.60. The molecule has 3 aromatic carbocycles. The van der Waals surface area contributed by atoms with Crippen molar-refractivity contribution in [1.82, 2.24) is 0 Å². The van der Waals surface area contributed by atoms with Crippen LogP contribution < -0.4 is 0 Å². The Hall–Kier alpha value is -1.64. The summed E-state index contributed by atoms with van der Waals surface area (Å²) < 4.78 is 0. The molecule has 1 atom stereocenters. The van der Waals surface area contributed by atoms with Gasteiger partial charge in [-0.05, 0) is 43.7 Å². The second-order valence-corrected chi connectivity index (χ2v) is 8.33. The van der Waals surface area contributed by atoms with E-state index < -0.39 is 0 Å². The Bertz CT molecular complexity index is 781. The molecule has 0 aliphatic heterocycles. The Morgan fingerprint density at radius 2 is 1.33 bits per heavy atom. The summed E-state index contributed by atoms with van der Waals surface area (Å²) in [6.07, 6.45) is 0. The molecule has 0 aromatic heterocycles. The van der Waals surface area contributed by atoms with Crippen LogP contribution in [0.15, 0.2) is 88.7 Å². The van der Waals surface area contributed by atoms with Gasteiger partial charge in [-0.3, -0.25) is 0 Å². The molecule has 1 unspecified atom stereocenters. The molecular weight excluding hydrogens is 328 g/mol. The molecule has 0 saturated heterocycles. The molecule has 0 bridgehead atoms. The molecule has 0 amide bonds. The summed E-state index contributed by atoms with van der Waals surface area (Å²) in [4.78, 5) is 2.69. The zero-order valence-electron chi connectivity index (χ0n) is 14.1. The lowest BCUT2D eigenvalue weighted by molar-refractivity contribution is 1.11. The van der Waals surface area contributed by atoms with Gasteiger partial charge in [-0.1, -0.05) is 65.7 Å². The van der Waals surface area contributed by atoms with E-state index in [1.165, 1.54) is 26.5 Å². The van der Waals surface area contributed by atoms with E-state index in [4.69, 9.17) is 0 Å². The Morgan fingerprint density at radius 3 is 2.00 bits per heavy atom. The minimum atomic E-state index is 0.443. The second kappa shape index (κ2) is 8.46. The average molecular weight is 351 g/mol. The molecular formula is C22H22S2. The fraction of sp³-hybridized carbons (Fsp3) is 0.182. The van der Waals surface area contributed by atoms with E-state index in [1.54, 1.807) is 0 Å². The first-order valence-corrected chi connectivity index (χ1v) is 10.0. The molecule has 0 radical (unpaired) electrons.